The third-order valence-electron chi connectivity index (χ3n) is 9.25. The molecule has 2 atom stereocenters. The Balaban J connectivity index is 1.29. The number of carbonyl (C=O) groups excluding carboxylic acids is 3. The standard InChI is InChI=1S/C34H46N4O6S/c1-24(2)38-31(40)37(20-25-12-14-28(15-13-25)45(6,42)43)30(39)34(38)16-18-35(19-17-34)21-27-22-36(32(41)44-33(3,4)5)23-29(27)26-10-8-7-9-11-26/h7-15,24,27,29H,16-23H2,1-6H3/t27-,29+/m0/s1. The molecule has 4 amide bonds. The van der Waals surface area contributed by atoms with Gasteiger partial charge < -0.3 is 19.4 Å². The number of amides is 4. The van der Waals surface area contributed by atoms with E-state index in [0.717, 1.165) is 12.8 Å². The molecule has 2 aromatic rings. The van der Waals surface area contributed by atoms with Gasteiger partial charge in [-0.05, 0) is 76.6 Å². The summed E-state index contributed by atoms with van der Waals surface area (Å²) < 4.78 is 29.5. The number of carbonyl (C=O) groups is 3. The Morgan fingerprint density at radius 1 is 0.978 bits per heavy atom. The van der Waals surface area contributed by atoms with Gasteiger partial charge in [0.05, 0.1) is 11.4 Å². The predicted molar refractivity (Wildman–Crippen MR) is 171 cm³/mol. The van der Waals surface area contributed by atoms with Crippen molar-refractivity contribution in [2.75, 3.05) is 39.0 Å². The molecular formula is C34H46N4O6S. The minimum absolute atomic E-state index is 0.0950. The Hall–Kier alpha value is -3.44. The van der Waals surface area contributed by atoms with Crippen molar-refractivity contribution in [1.82, 2.24) is 19.6 Å². The molecule has 2 aromatic carbocycles. The summed E-state index contributed by atoms with van der Waals surface area (Å²) in [6.45, 7) is 12.9. The van der Waals surface area contributed by atoms with Crippen molar-refractivity contribution >= 4 is 27.9 Å². The van der Waals surface area contributed by atoms with Crippen molar-refractivity contribution in [3.8, 4) is 0 Å². The van der Waals surface area contributed by atoms with E-state index in [1.807, 2.05) is 57.7 Å². The largest absolute Gasteiger partial charge is 0.444 e. The van der Waals surface area contributed by atoms with Crippen LogP contribution in [-0.2, 0) is 25.9 Å². The van der Waals surface area contributed by atoms with E-state index in [9.17, 15) is 22.8 Å². The Labute approximate surface area is 267 Å². The van der Waals surface area contributed by atoms with Crippen molar-refractivity contribution in [1.29, 1.82) is 0 Å². The van der Waals surface area contributed by atoms with Gasteiger partial charge >= 0.3 is 12.1 Å². The lowest BCUT2D eigenvalue weighted by molar-refractivity contribution is -0.136. The molecule has 3 fully saturated rings. The van der Waals surface area contributed by atoms with Gasteiger partial charge in [0.2, 0.25) is 0 Å². The summed E-state index contributed by atoms with van der Waals surface area (Å²) in [4.78, 5) is 48.2. The second-order valence-corrected chi connectivity index (χ2v) is 16.1. The van der Waals surface area contributed by atoms with E-state index >= 15 is 0 Å². The zero-order chi connectivity index (χ0) is 32.7. The normalized spacial score (nSPS) is 22.6. The van der Waals surface area contributed by atoms with Gasteiger partial charge in [-0.3, -0.25) is 9.69 Å². The number of imide groups is 1. The van der Waals surface area contributed by atoms with E-state index in [0.29, 0.717) is 44.6 Å². The third-order valence-corrected chi connectivity index (χ3v) is 10.4. The smallest absolute Gasteiger partial charge is 0.410 e. The maximum atomic E-state index is 14.0. The van der Waals surface area contributed by atoms with Crippen LogP contribution in [-0.4, -0.2) is 102 Å². The maximum absolute atomic E-state index is 14.0. The van der Waals surface area contributed by atoms with Crippen LogP contribution >= 0.6 is 0 Å². The van der Waals surface area contributed by atoms with Crippen LogP contribution in [0.3, 0.4) is 0 Å². The number of piperidine rings is 1. The first kappa shape index (κ1) is 32.9. The van der Waals surface area contributed by atoms with Crippen LogP contribution in [0.2, 0.25) is 0 Å². The predicted octanol–water partition coefficient (Wildman–Crippen LogP) is 4.75. The van der Waals surface area contributed by atoms with E-state index in [2.05, 4.69) is 17.0 Å². The molecule has 3 aliphatic heterocycles. The SMILES string of the molecule is CC(C)N1C(=O)N(Cc2ccc(S(C)(=O)=O)cc2)C(=O)C12CCN(C[C@H]1CN(C(=O)OC(C)(C)C)C[C@@H]1c1ccccc1)CC2. The van der Waals surface area contributed by atoms with Gasteiger partial charge in [0.15, 0.2) is 9.84 Å². The Morgan fingerprint density at radius 2 is 1.60 bits per heavy atom. The summed E-state index contributed by atoms with van der Waals surface area (Å²) in [5.41, 5.74) is 0.417. The number of hydrogen-bond acceptors (Lipinski definition) is 7. The van der Waals surface area contributed by atoms with Gasteiger partial charge in [-0.2, -0.15) is 0 Å². The van der Waals surface area contributed by atoms with Gasteiger partial charge in [0, 0.05) is 50.9 Å². The Kier molecular flexibility index (Phi) is 9.07. The number of nitrogens with zero attached hydrogens (tertiary/aromatic N) is 4. The lowest BCUT2D eigenvalue weighted by Crippen LogP contribution is -2.58. The second-order valence-electron chi connectivity index (χ2n) is 14.0. The first-order valence-electron chi connectivity index (χ1n) is 15.8. The zero-order valence-corrected chi connectivity index (χ0v) is 28.0. The third kappa shape index (κ3) is 6.89. The summed E-state index contributed by atoms with van der Waals surface area (Å²) in [6, 6.07) is 16.2. The van der Waals surface area contributed by atoms with E-state index in [1.54, 1.807) is 17.0 Å². The highest BCUT2D eigenvalue weighted by Crippen LogP contribution is 2.41. The molecule has 0 unspecified atom stereocenters. The molecule has 244 valence electrons. The minimum atomic E-state index is -3.34. The summed E-state index contributed by atoms with van der Waals surface area (Å²) in [5.74, 6) is 0.177. The molecule has 5 rings (SSSR count). The monoisotopic (exact) mass is 638 g/mol. The molecular weight excluding hydrogens is 592 g/mol. The first-order valence-corrected chi connectivity index (χ1v) is 17.7. The van der Waals surface area contributed by atoms with Crippen LogP contribution in [0, 0.1) is 5.92 Å². The summed E-state index contributed by atoms with van der Waals surface area (Å²) in [7, 11) is -3.34. The molecule has 10 nitrogen and oxygen atoms in total. The molecule has 3 heterocycles. The van der Waals surface area contributed by atoms with Crippen molar-refractivity contribution in [3.05, 3.63) is 65.7 Å². The van der Waals surface area contributed by atoms with Crippen molar-refractivity contribution in [3.63, 3.8) is 0 Å². The molecule has 0 N–H and O–H groups in total. The summed E-state index contributed by atoms with van der Waals surface area (Å²) in [6.07, 6.45) is 1.91. The average molecular weight is 639 g/mol. The van der Waals surface area contributed by atoms with Crippen LogP contribution in [0.25, 0.3) is 0 Å². The Bertz CT molecular complexity index is 1510. The van der Waals surface area contributed by atoms with E-state index in [1.165, 1.54) is 22.6 Å². The number of sulfone groups is 1. The molecule has 11 heteroatoms. The fourth-order valence-corrected chi connectivity index (χ4v) is 7.77. The van der Waals surface area contributed by atoms with Crippen molar-refractivity contribution < 1.29 is 27.5 Å². The Morgan fingerprint density at radius 3 is 2.16 bits per heavy atom. The molecule has 45 heavy (non-hydrogen) atoms. The van der Waals surface area contributed by atoms with E-state index in [-0.39, 0.29) is 47.3 Å². The van der Waals surface area contributed by atoms with Gasteiger partial charge in [-0.25, -0.2) is 18.0 Å². The van der Waals surface area contributed by atoms with E-state index < -0.39 is 21.0 Å². The van der Waals surface area contributed by atoms with Gasteiger partial charge in [0.1, 0.15) is 11.1 Å². The molecule has 1 spiro atoms. The van der Waals surface area contributed by atoms with Crippen molar-refractivity contribution in [2.24, 2.45) is 5.92 Å². The average Bonchev–Trinajstić information content (AvgIpc) is 3.47. The molecule has 0 aliphatic carbocycles. The van der Waals surface area contributed by atoms with Crippen LogP contribution in [0.5, 0.6) is 0 Å². The highest BCUT2D eigenvalue weighted by atomic mass is 32.2. The number of benzene rings is 2. The topological polar surface area (TPSA) is 108 Å². The number of urea groups is 1. The lowest BCUT2D eigenvalue weighted by atomic mass is 9.83. The lowest BCUT2D eigenvalue weighted by Gasteiger charge is -2.44. The molecule has 0 bridgehead atoms. The van der Waals surface area contributed by atoms with Crippen LogP contribution in [0.1, 0.15) is 64.5 Å². The van der Waals surface area contributed by atoms with Crippen LogP contribution in [0.4, 0.5) is 9.59 Å². The fraction of sp³-hybridized carbons (Fsp3) is 0.559. The van der Waals surface area contributed by atoms with Crippen LogP contribution in [0.15, 0.2) is 59.5 Å². The summed E-state index contributed by atoms with van der Waals surface area (Å²) in [5, 5.41) is 0. The molecule has 3 saturated heterocycles. The summed E-state index contributed by atoms with van der Waals surface area (Å²) >= 11 is 0. The van der Waals surface area contributed by atoms with Gasteiger partial charge in [-0.1, -0.05) is 42.5 Å². The number of ether oxygens (including phenoxy) is 1. The number of hydrogen-bond donors (Lipinski definition) is 0. The van der Waals surface area contributed by atoms with Crippen molar-refractivity contribution in [2.45, 2.75) is 82.0 Å². The highest BCUT2D eigenvalue weighted by molar-refractivity contribution is 7.90. The molecule has 0 saturated carbocycles. The minimum Gasteiger partial charge on any atom is -0.444 e. The highest BCUT2D eigenvalue weighted by Gasteiger charge is 2.58. The van der Waals surface area contributed by atoms with Gasteiger partial charge in [0.25, 0.3) is 5.91 Å². The second kappa shape index (κ2) is 12.4. The molecule has 3 aliphatic rings. The van der Waals surface area contributed by atoms with Gasteiger partial charge in [-0.15, -0.1) is 0 Å². The quantitative estimate of drug-likeness (QED) is 0.403. The fourth-order valence-electron chi connectivity index (χ4n) is 7.14. The van der Waals surface area contributed by atoms with Crippen LogP contribution < -0.4 is 0 Å². The zero-order valence-electron chi connectivity index (χ0n) is 27.2. The molecule has 0 radical (unpaired) electrons. The number of likely N-dealkylation sites (tertiary alicyclic amines) is 2. The molecule has 0 aromatic heterocycles. The number of rotatable bonds is 7. The van der Waals surface area contributed by atoms with E-state index in [4.69, 9.17) is 4.74 Å². The maximum Gasteiger partial charge on any atom is 0.410 e. The first-order chi connectivity index (χ1) is 21.1.